The Kier molecular flexibility index (Phi) is 2.71. The van der Waals surface area contributed by atoms with Crippen LogP contribution in [0.15, 0.2) is 18.3 Å². The van der Waals surface area contributed by atoms with Crippen molar-refractivity contribution in [3.8, 4) is 0 Å². The maximum atomic E-state index is 10.8. The molecule has 16 heavy (non-hydrogen) atoms. The van der Waals surface area contributed by atoms with Gasteiger partial charge in [0.05, 0.1) is 17.1 Å². The van der Waals surface area contributed by atoms with Gasteiger partial charge in [-0.3, -0.25) is 10.1 Å². The van der Waals surface area contributed by atoms with Crippen molar-refractivity contribution in [2.24, 2.45) is 0 Å². The fourth-order valence-electron chi connectivity index (χ4n) is 1.72. The van der Waals surface area contributed by atoms with E-state index in [1.54, 1.807) is 0 Å². The Bertz CT molecular complexity index is 401. The molecule has 0 amide bonds. The molecular formula is C9H11N3O4. The van der Waals surface area contributed by atoms with Gasteiger partial charge in [-0.1, -0.05) is 0 Å². The zero-order valence-electron chi connectivity index (χ0n) is 8.35. The Morgan fingerprint density at radius 2 is 2.06 bits per heavy atom. The van der Waals surface area contributed by atoms with Gasteiger partial charge in [0.25, 0.3) is 0 Å². The topological polar surface area (TPSA) is 99.7 Å². The van der Waals surface area contributed by atoms with Crippen molar-refractivity contribution in [2.75, 3.05) is 18.0 Å². The van der Waals surface area contributed by atoms with Gasteiger partial charge >= 0.3 is 5.69 Å². The predicted octanol–water partition coefficient (Wildman–Crippen LogP) is -0.468. The lowest BCUT2D eigenvalue weighted by molar-refractivity contribution is -0.384. The van der Waals surface area contributed by atoms with Gasteiger partial charge in [0.15, 0.2) is 0 Å². The van der Waals surface area contributed by atoms with Gasteiger partial charge in [0, 0.05) is 25.4 Å². The van der Waals surface area contributed by atoms with Crippen molar-refractivity contribution in [1.82, 2.24) is 4.98 Å². The van der Waals surface area contributed by atoms with Crippen LogP contribution in [0.2, 0.25) is 0 Å². The Balaban J connectivity index is 2.31. The second kappa shape index (κ2) is 4.03. The Morgan fingerprint density at radius 3 is 2.62 bits per heavy atom. The standard InChI is InChI=1S/C9H11N3O4/c13-7-4-11(5-8(7)14)9-6(12(15)16)2-1-3-10-9/h1-3,7-8,13-14H,4-5H2. The van der Waals surface area contributed by atoms with Crippen LogP contribution in [0.1, 0.15) is 0 Å². The highest BCUT2D eigenvalue weighted by molar-refractivity contribution is 5.58. The largest absolute Gasteiger partial charge is 0.389 e. The number of aliphatic hydroxyl groups is 2. The van der Waals surface area contributed by atoms with Crippen LogP contribution in [0.4, 0.5) is 11.5 Å². The smallest absolute Gasteiger partial charge is 0.311 e. The minimum absolute atomic E-state index is 0.121. The summed E-state index contributed by atoms with van der Waals surface area (Å²) in [5, 5.41) is 29.5. The molecular weight excluding hydrogens is 214 g/mol. The second-order valence-electron chi connectivity index (χ2n) is 3.64. The van der Waals surface area contributed by atoms with Crippen molar-refractivity contribution in [2.45, 2.75) is 12.2 Å². The number of anilines is 1. The fourth-order valence-corrected chi connectivity index (χ4v) is 1.72. The molecule has 0 saturated carbocycles. The Morgan fingerprint density at radius 1 is 1.44 bits per heavy atom. The number of nitro groups is 1. The summed E-state index contributed by atoms with van der Waals surface area (Å²) in [5.74, 6) is 0.183. The van der Waals surface area contributed by atoms with Crippen LogP contribution in [-0.2, 0) is 0 Å². The van der Waals surface area contributed by atoms with E-state index in [1.165, 1.54) is 23.2 Å². The summed E-state index contributed by atoms with van der Waals surface area (Å²) in [6.07, 6.45) is -0.331. The molecule has 1 aliphatic rings. The van der Waals surface area contributed by atoms with Crippen LogP contribution >= 0.6 is 0 Å². The van der Waals surface area contributed by atoms with Gasteiger partial charge in [-0.2, -0.15) is 0 Å². The Labute approximate surface area is 91.1 Å². The first-order valence-corrected chi connectivity index (χ1v) is 4.80. The summed E-state index contributed by atoms with van der Waals surface area (Å²) < 4.78 is 0. The molecule has 2 heterocycles. The maximum Gasteiger partial charge on any atom is 0.311 e. The van der Waals surface area contributed by atoms with Gasteiger partial charge in [-0.05, 0) is 6.07 Å². The number of aliphatic hydroxyl groups excluding tert-OH is 2. The molecule has 1 saturated heterocycles. The maximum absolute atomic E-state index is 10.8. The van der Waals surface area contributed by atoms with Crippen molar-refractivity contribution < 1.29 is 15.1 Å². The lowest BCUT2D eigenvalue weighted by atomic mass is 10.3. The lowest BCUT2D eigenvalue weighted by Crippen LogP contribution is -2.23. The number of hydrogen-bond donors (Lipinski definition) is 2. The van der Waals surface area contributed by atoms with E-state index in [2.05, 4.69) is 4.98 Å². The normalized spacial score (nSPS) is 24.8. The monoisotopic (exact) mass is 225 g/mol. The third-order valence-corrected chi connectivity index (χ3v) is 2.52. The van der Waals surface area contributed by atoms with E-state index in [9.17, 15) is 20.3 Å². The van der Waals surface area contributed by atoms with Crippen LogP contribution in [0.25, 0.3) is 0 Å². The second-order valence-corrected chi connectivity index (χ2v) is 3.64. The first-order valence-electron chi connectivity index (χ1n) is 4.80. The molecule has 0 bridgehead atoms. The molecule has 7 nitrogen and oxygen atoms in total. The average molecular weight is 225 g/mol. The molecule has 2 atom stereocenters. The third-order valence-electron chi connectivity index (χ3n) is 2.52. The molecule has 0 radical (unpaired) electrons. The summed E-state index contributed by atoms with van der Waals surface area (Å²) >= 11 is 0. The molecule has 2 N–H and O–H groups in total. The molecule has 1 aromatic heterocycles. The highest BCUT2D eigenvalue weighted by atomic mass is 16.6. The molecule has 1 aromatic rings. The van der Waals surface area contributed by atoms with Crippen LogP contribution < -0.4 is 4.90 Å². The van der Waals surface area contributed by atoms with E-state index in [-0.39, 0.29) is 24.6 Å². The van der Waals surface area contributed by atoms with Crippen LogP contribution in [0.3, 0.4) is 0 Å². The summed E-state index contributed by atoms with van der Waals surface area (Å²) in [7, 11) is 0. The Hall–Kier alpha value is -1.73. The number of hydrogen-bond acceptors (Lipinski definition) is 6. The minimum Gasteiger partial charge on any atom is -0.389 e. The number of β-amino-alcohol motifs (C(OH)–C–C–N with tert-alkyl or cyclic N) is 2. The van der Waals surface area contributed by atoms with E-state index < -0.39 is 17.1 Å². The average Bonchev–Trinajstić information content (AvgIpc) is 2.59. The van der Waals surface area contributed by atoms with Gasteiger partial charge in [-0.25, -0.2) is 4.98 Å². The number of nitrogens with zero attached hydrogens (tertiary/aromatic N) is 3. The summed E-state index contributed by atoms with van der Waals surface area (Å²) in [5.41, 5.74) is -0.121. The molecule has 7 heteroatoms. The highest BCUT2D eigenvalue weighted by Gasteiger charge is 2.33. The van der Waals surface area contributed by atoms with E-state index in [4.69, 9.17) is 0 Å². The SMILES string of the molecule is O=[N+]([O-])c1cccnc1N1CC(O)C(O)C1. The summed E-state index contributed by atoms with van der Waals surface area (Å²) in [4.78, 5) is 15.6. The molecule has 0 aliphatic carbocycles. The minimum atomic E-state index is -0.887. The summed E-state index contributed by atoms with van der Waals surface area (Å²) in [6.45, 7) is 0.304. The summed E-state index contributed by atoms with van der Waals surface area (Å²) in [6, 6.07) is 2.82. The number of pyridine rings is 1. The van der Waals surface area contributed by atoms with Crippen molar-refractivity contribution >= 4 is 11.5 Å². The zero-order chi connectivity index (χ0) is 11.7. The van der Waals surface area contributed by atoms with Crippen molar-refractivity contribution in [1.29, 1.82) is 0 Å². The van der Waals surface area contributed by atoms with E-state index in [1.807, 2.05) is 0 Å². The van der Waals surface area contributed by atoms with Gasteiger partial charge in [-0.15, -0.1) is 0 Å². The van der Waals surface area contributed by atoms with Crippen molar-refractivity contribution in [3.63, 3.8) is 0 Å². The van der Waals surface area contributed by atoms with Gasteiger partial charge in [0.2, 0.25) is 5.82 Å². The number of rotatable bonds is 2. The first kappa shape index (κ1) is 10.8. The first-order chi connectivity index (χ1) is 7.59. The molecule has 0 spiro atoms. The van der Waals surface area contributed by atoms with E-state index in [0.29, 0.717) is 0 Å². The molecule has 0 aromatic carbocycles. The molecule has 2 rings (SSSR count). The van der Waals surface area contributed by atoms with Gasteiger partial charge in [0.1, 0.15) is 0 Å². The van der Waals surface area contributed by atoms with Crippen molar-refractivity contribution in [3.05, 3.63) is 28.4 Å². The van der Waals surface area contributed by atoms with Crippen LogP contribution in [0, 0.1) is 10.1 Å². The van der Waals surface area contributed by atoms with Gasteiger partial charge < -0.3 is 15.1 Å². The quantitative estimate of drug-likeness (QED) is 0.521. The fraction of sp³-hybridized carbons (Fsp3) is 0.444. The predicted molar refractivity (Wildman–Crippen MR) is 55.1 cm³/mol. The number of aromatic nitrogens is 1. The van der Waals surface area contributed by atoms with Crippen LogP contribution in [-0.4, -0.2) is 45.4 Å². The van der Waals surface area contributed by atoms with E-state index in [0.717, 1.165) is 0 Å². The lowest BCUT2D eigenvalue weighted by Gasteiger charge is -2.15. The molecule has 86 valence electrons. The third kappa shape index (κ3) is 1.82. The van der Waals surface area contributed by atoms with E-state index >= 15 is 0 Å². The highest BCUT2D eigenvalue weighted by Crippen LogP contribution is 2.27. The van der Waals surface area contributed by atoms with Crippen LogP contribution in [0.5, 0.6) is 0 Å². The molecule has 1 aliphatic heterocycles. The molecule has 2 unspecified atom stereocenters. The zero-order valence-corrected chi connectivity index (χ0v) is 8.35. The molecule has 1 fully saturated rings.